The molecule has 0 fully saturated rings. The Morgan fingerprint density at radius 1 is 1.50 bits per heavy atom. The van der Waals surface area contributed by atoms with Crippen molar-refractivity contribution in [1.82, 2.24) is 24.8 Å². The van der Waals surface area contributed by atoms with Gasteiger partial charge >= 0.3 is 0 Å². The highest BCUT2D eigenvalue weighted by Gasteiger charge is 2.05. The molecule has 18 heavy (non-hydrogen) atoms. The number of hydrogen-bond acceptors (Lipinski definition) is 6. The van der Waals surface area contributed by atoms with Gasteiger partial charge in [0.2, 0.25) is 5.88 Å². The van der Waals surface area contributed by atoms with Crippen molar-refractivity contribution in [2.45, 2.75) is 13.1 Å². The van der Waals surface area contributed by atoms with E-state index >= 15 is 0 Å². The fraction of sp³-hybridized carbons (Fsp3) is 0.500. The molecule has 0 saturated carbocycles. The van der Waals surface area contributed by atoms with Crippen LogP contribution >= 0.6 is 0 Å². The highest BCUT2D eigenvalue weighted by molar-refractivity contribution is 5.38. The summed E-state index contributed by atoms with van der Waals surface area (Å²) >= 11 is 0. The lowest BCUT2D eigenvalue weighted by Crippen LogP contribution is -2.02. The van der Waals surface area contributed by atoms with Gasteiger partial charge in [-0.3, -0.25) is 0 Å². The molecule has 0 aliphatic rings. The van der Waals surface area contributed by atoms with Gasteiger partial charge in [0.15, 0.2) is 5.82 Å². The van der Waals surface area contributed by atoms with Crippen LogP contribution in [0.5, 0.6) is 5.88 Å². The number of nitrogens with zero attached hydrogens (tertiary/aromatic N) is 5. The van der Waals surface area contributed by atoms with Crippen molar-refractivity contribution in [3.63, 3.8) is 0 Å². The van der Waals surface area contributed by atoms with Crippen LogP contribution in [0.3, 0.4) is 0 Å². The van der Waals surface area contributed by atoms with E-state index in [1.54, 1.807) is 28.7 Å². The lowest BCUT2D eigenvalue weighted by molar-refractivity contribution is 0.268. The minimum absolute atomic E-state index is 0.0493. The highest BCUT2D eigenvalue weighted by atomic mass is 16.5. The molecule has 0 bridgehead atoms. The number of ether oxygens (including phenoxy) is 1. The van der Waals surface area contributed by atoms with Crippen molar-refractivity contribution in [2.24, 2.45) is 7.05 Å². The molecule has 2 heterocycles. The number of aromatic nitrogens is 5. The topological polar surface area (TPSA) is 90.0 Å². The quantitative estimate of drug-likeness (QED) is 0.728. The molecule has 8 nitrogen and oxygen atoms in total. The standard InChI is InChI=1S/C10H16N6O2/c1-15-10(18-2)5-9(13-15)11-6-8-7-16(3-4-17)14-12-8/h5,7,17H,3-4,6H2,1-2H3,(H,11,13). The summed E-state index contributed by atoms with van der Waals surface area (Å²) in [6, 6.07) is 1.80. The van der Waals surface area contributed by atoms with Gasteiger partial charge in [-0.15, -0.1) is 5.10 Å². The molecule has 0 spiro atoms. The Kier molecular flexibility index (Phi) is 3.78. The summed E-state index contributed by atoms with van der Waals surface area (Å²) in [5.41, 5.74) is 0.785. The molecule has 0 radical (unpaired) electrons. The Bertz CT molecular complexity index is 506. The van der Waals surface area contributed by atoms with Crippen LogP contribution in [-0.4, -0.2) is 43.6 Å². The molecule has 0 aliphatic heterocycles. The first-order valence-corrected chi connectivity index (χ1v) is 5.54. The van der Waals surface area contributed by atoms with Crippen molar-refractivity contribution in [2.75, 3.05) is 19.0 Å². The maximum absolute atomic E-state index is 8.77. The predicted octanol–water partition coefficient (Wildman–Crippen LogP) is -0.375. The number of nitrogens with one attached hydrogen (secondary N) is 1. The van der Waals surface area contributed by atoms with E-state index in [-0.39, 0.29) is 6.61 Å². The average Bonchev–Trinajstić information content (AvgIpc) is 2.94. The number of aliphatic hydroxyl groups excluding tert-OH is 1. The second kappa shape index (κ2) is 5.50. The summed E-state index contributed by atoms with van der Waals surface area (Å²) in [7, 11) is 3.41. The van der Waals surface area contributed by atoms with E-state index in [2.05, 4.69) is 20.7 Å². The number of aliphatic hydroxyl groups is 1. The Hall–Kier alpha value is -2.09. The highest BCUT2D eigenvalue weighted by Crippen LogP contribution is 2.15. The maximum atomic E-state index is 8.77. The van der Waals surface area contributed by atoms with E-state index in [4.69, 9.17) is 9.84 Å². The molecule has 0 saturated heterocycles. The van der Waals surface area contributed by atoms with Crippen LogP contribution in [0.2, 0.25) is 0 Å². The fourth-order valence-corrected chi connectivity index (χ4v) is 1.54. The van der Waals surface area contributed by atoms with Crippen LogP contribution < -0.4 is 10.1 Å². The summed E-state index contributed by atoms with van der Waals surface area (Å²) in [4.78, 5) is 0. The third kappa shape index (κ3) is 2.77. The van der Waals surface area contributed by atoms with Crippen LogP contribution in [0.1, 0.15) is 5.69 Å². The summed E-state index contributed by atoms with van der Waals surface area (Å²) in [6.45, 7) is 1.02. The number of rotatable bonds is 6. The monoisotopic (exact) mass is 252 g/mol. The summed E-state index contributed by atoms with van der Waals surface area (Å²) in [6.07, 6.45) is 1.78. The molecule has 2 N–H and O–H groups in total. The van der Waals surface area contributed by atoms with Gasteiger partial charge in [-0.2, -0.15) is 5.10 Å². The minimum atomic E-state index is 0.0493. The van der Waals surface area contributed by atoms with Gasteiger partial charge in [-0.25, -0.2) is 9.36 Å². The van der Waals surface area contributed by atoms with Gasteiger partial charge in [0, 0.05) is 13.1 Å². The van der Waals surface area contributed by atoms with Gasteiger partial charge in [-0.05, 0) is 0 Å². The first-order valence-electron chi connectivity index (χ1n) is 5.54. The van der Waals surface area contributed by atoms with E-state index in [1.807, 2.05) is 7.05 Å². The third-order valence-electron chi connectivity index (χ3n) is 2.41. The number of aryl methyl sites for hydroxylation is 1. The Labute approximate surface area is 104 Å². The van der Waals surface area contributed by atoms with Gasteiger partial charge in [0.05, 0.1) is 33.0 Å². The Morgan fingerprint density at radius 3 is 3.00 bits per heavy atom. The molecule has 0 aliphatic carbocycles. The lowest BCUT2D eigenvalue weighted by atomic mass is 10.4. The van der Waals surface area contributed by atoms with Crippen molar-refractivity contribution in [1.29, 1.82) is 0 Å². The number of hydrogen-bond donors (Lipinski definition) is 2. The first kappa shape index (κ1) is 12.4. The molecule has 2 aromatic rings. The lowest BCUT2D eigenvalue weighted by Gasteiger charge is -1.97. The van der Waals surface area contributed by atoms with E-state index in [1.165, 1.54) is 0 Å². The minimum Gasteiger partial charge on any atom is -0.481 e. The number of methoxy groups -OCH3 is 1. The average molecular weight is 252 g/mol. The largest absolute Gasteiger partial charge is 0.481 e. The van der Waals surface area contributed by atoms with Crippen molar-refractivity contribution >= 4 is 5.82 Å². The van der Waals surface area contributed by atoms with Gasteiger partial charge in [0.1, 0.15) is 5.69 Å². The van der Waals surface area contributed by atoms with E-state index in [0.717, 1.165) is 5.69 Å². The first-order chi connectivity index (χ1) is 8.72. The normalized spacial score (nSPS) is 10.6. The SMILES string of the molecule is COc1cc(NCc2cn(CCO)nn2)nn1C. The molecular formula is C10H16N6O2. The summed E-state index contributed by atoms with van der Waals surface area (Å²) in [5, 5.41) is 24.0. The zero-order valence-electron chi connectivity index (χ0n) is 10.4. The third-order valence-corrected chi connectivity index (χ3v) is 2.41. The Balaban J connectivity index is 1.93. The number of anilines is 1. The Morgan fingerprint density at radius 2 is 2.33 bits per heavy atom. The van der Waals surface area contributed by atoms with E-state index in [9.17, 15) is 0 Å². The smallest absolute Gasteiger partial charge is 0.213 e. The van der Waals surface area contributed by atoms with Crippen LogP contribution in [0.15, 0.2) is 12.3 Å². The van der Waals surface area contributed by atoms with Crippen molar-refractivity contribution < 1.29 is 9.84 Å². The summed E-state index contributed by atoms with van der Waals surface area (Å²) < 4.78 is 8.35. The fourth-order valence-electron chi connectivity index (χ4n) is 1.54. The zero-order valence-corrected chi connectivity index (χ0v) is 10.4. The molecule has 98 valence electrons. The summed E-state index contributed by atoms with van der Waals surface area (Å²) in [5.74, 6) is 1.40. The van der Waals surface area contributed by atoms with E-state index < -0.39 is 0 Å². The maximum Gasteiger partial charge on any atom is 0.213 e. The second-order valence-electron chi connectivity index (χ2n) is 3.75. The van der Waals surface area contributed by atoms with Crippen molar-refractivity contribution in [3.05, 3.63) is 18.0 Å². The molecular weight excluding hydrogens is 236 g/mol. The molecule has 0 aromatic carbocycles. The zero-order chi connectivity index (χ0) is 13.0. The van der Waals surface area contributed by atoms with Gasteiger partial charge in [0.25, 0.3) is 0 Å². The van der Waals surface area contributed by atoms with Crippen LogP contribution in [0.4, 0.5) is 5.82 Å². The molecule has 2 rings (SSSR count). The van der Waals surface area contributed by atoms with Crippen molar-refractivity contribution in [3.8, 4) is 5.88 Å². The second-order valence-corrected chi connectivity index (χ2v) is 3.75. The van der Waals surface area contributed by atoms with Crippen LogP contribution in [0, 0.1) is 0 Å². The van der Waals surface area contributed by atoms with E-state index in [0.29, 0.717) is 24.8 Å². The molecule has 0 atom stereocenters. The van der Waals surface area contributed by atoms with Gasteiger partial charge in [-0.1, -0.05) is 5.21 Å². The molecule has 0 unspecified atom stereocenters. The molecule has 0 amide bonds. The van der Waals surface area contributed by atoms with Gasteiger partial charge < -0.3 is 15.2 Å². The predicted molar refractivity (Wildman–Crippen MR) is 64.2 cm³/mol. The molecule has 2 aromatic heterocycles. The molecule has 8 heteroatoms. The van der Waals surface area contributed by atoms with Crippen LogP contribution in [-0.2, 0) is 20.1 Å². The van der Waals surface area contributed by atoms with Crippen LogP contribution in [0.25, 0.3) is 0 Å².